The zero-order chi connectivity index (χ0) is 7.40. The van der Waals surface area contributed by atoms with E-state index in [4.69, 9.17) is 0 Å². The average Bonchev–Trinajstić information content (AvgIpc) is 1.88. The first-order valence-electron chi connectivity index (χ1n) is 3.22. The molecule has 0 bridgehead atoms. The average molecular weight is 281 g/mol. The van der Waals surface area contributed by atoms with Gasteiger partial charge in [0.05, 0.1) is 12.5 Å². The van der Waals surface area contributed by atoms with E-state index in [1.54, 1.807) is 0 Å². The van der Waals surface area contributed by atoms with Gasteiger partial charge < -0.3 is 24.0 Å². The van der Waals surface area contributed by atoms with Crippen LogP contribution in [0.4, 0.5) is 0 Å². The van der Waals surface area contributed by atoms with Crippen LogP contribution in [0.5, 0.6) is 0 Å². The van der Waals surface area contributed by atoms with Crippen molar-refractivity contribution in [2.45, 2.75) is 5.75 Å². The first-order chi connectivity index (χ1) is 4.79. The summed E-state index contributed by atoms with van der Waals surface area (Å²) < 4.78 is 0. The molecule has 0 amide bonds. The van der Waals surface area contributed by atoms with Gasteiger partial charge >= 0.3 is 0 Å². The standard InChI is InChI=1S/C8H12NS.HI/c1-10(2)7-8-4-3-5-9-6-8;/h3-6H,7H2,1-2H3;1H/q+1;/p-1. The number of rotatable bonds is 2. The molecule has 3 heteroatoms. The number of hydrogen-bond acceptors (Lipinski definition) is 1. The Balaban J connectivity index is 0.000001000. The van der Waals surface area contributed by atoms with Gasteiger partial charge in [0.2, 0.25) is 0 Å². The molecule has 0 fully saturated rings. The molecular weight excluding hydrogens is 269 g/mol. The van der Waals surface area contributed by atoms with Gasteiger partial charge in [0, 0.05) is 18.0 Å². The van der Waals surface area contributed by atoms with Crippen LogP contribution in [0.15, 0.2) is 24.5 Å². The highest BCUT2D eigenvalue weighted by Gasteiger charge is 2.02. The fourth-order valence-corrected chi connectivity index (χ4v) is 1.65. The van der Waals surface area contributed by atoms with E-state index in [1.807, 2.05) is 18.5 Å². The number of pyridine rings is 1. The van der Waals surface area contributed by atoms with E-state index in [0.717, 1.165) is 5.75 Å². The van der Waals surface area contributed by atoms with Crippen LogP contribution in [0.3, 0.4) is 0 Å². The van der Waals surface area contributed by atoms with Gasteiger partial charge in [-0.3, -0.25) is 4.98 Å². The molecule has 0 aliphatic rings. The predicted molar refractivity (Wildman–Crippen MR) is 47.2 cm³/mol. The quantitative estimate of drug-likeness (QED) is 0.473. The lowest BCUT2D eigenvalue weighted by Gasteiger charge is -1.95. The van der Waals surface area contributed by atoms with E-state index in [-0.39, 0.29) is 24.0 Å². The van der Waals surface area contributed by atoms with Crippen molar-refractivity contribution in [3.05, 3.63) is 30.1 Å². The van der Waals surface area contributed by atoms with Crippen molar-refractivity contribution < 1.29 is 24.0 Å². The summed E-state index contributed by atoms with van der Waals surface area (Å²) in [5.41, 5.74) is 1.34. The SMILES string of the molecule is C[S+](C)Cc1cccnc1.[I-]. The molecule has 1 aromatic rings. The molecule has 0 N–H and O–H groups in total. The number of nitrogens with zero attached hydrogens (tertiary/aromatic N) is 1. The Morgan fingerprint density at radius 2 is 2.18 bits per heavy atom. The molecule has 0 aliphatic carbocycles. The van der Waals surface area contributed by atoms with E-state index in [1.165, 1.54) is 5.56 Å². The van der Waals surface area contributed by atoms with Crippen molar-refractivity contribution in [1.82, 2.24) is 4.98 Å². The van der Waals surface area contributed by atoms with Crippen LogP contribution in [-0.2, 0) is 16.6 Å². The second-order valence-corrected chi connectivity index (χ2v) is 4.75. The zero-order valence-electron chi connectivity index (χ0n) is 6.75. The predicted octanol–water partition coefficient (Wildman–Crippen LogP) is -1.54. The van der Waals surface area contributed by atoms with Crippen LogP contribution in [-0.4, -0.2) is 17.5 Å². The molecule has 0 atom stereocenters. The summed E-state index contributed by atoms with van der Waals surface area (Å²) in [6, 6.07) is 4.11. The van der Waals surface area contributed by atoms with E-state index < -0.39 is 0 Å². The summed E-state index contributed by atoms with van der Waals surface area (Å²) >= 11 is 0. The highest BCUT2D eigenvalue weighted by atomic mass is 127. The molecule has 0 aromatic carbocycles. The minimum Gasteiger partial charge on any atom is -1.00 e. The normalized spacial score (nSPS) is 9.36. The lowest BCUT2D eigenvalue weighted by Crippen LogP contribution is -3.00. The van der Waals surface area contributed by atoms with Crippen LogP contribution >= 0.6 is 0 Å². The van der Waals surface area contributed by atoms with Crippen molar-refractivity contribution in [3.8, 4) is 0 Å². The van der Waals surface area contributed by atoms with E-state index in [2.05, 4.69) is 23.6 Å². The Labute approximate surface area is 88.0 Å². The maximum atomic E-state index is 4.04. The topological polar surface area (TPSA) is 12.9 Å². The molecule has 0 spiro atoms. The van der Waals surface area contributed by atoms with Crippen LogP contribution in [0.1, 0.15) is 5.56 Å². The van der Waals surface area contributed by atoms with Gasteiger partial charge in [-0.15, -0.1) is 0 Å². The van der Waals surface area contributed by atoms with Crippen molar-refractivity contribution in [1.29, 1.82) is 0 Å². The molecule has 0 radical (unpaired) electrons. The molecule has 11 heavy (non-hydrogen) atoms. The van der Waals surface area contributed by atoms with Gasteiger partial charge in [0.1, 0.15) is 5.75 Å². The summed E-state index contributed by atoms with van der Waals surface area (Å²) in [7, 11) is 0.493. The van der Waals surface area contributed by atoms with Gasteiger partial charge in [-0.1, -0.05) is 6.07 Å². The summed E-state index contributed by atoms with van der Waals surface area (Å²) in [6.07, 6.45) is 8.24. The molecular formula is C8H12INS. The third-order valence-corrected chi connectivity index (χ3v) is 2.09. The summed E-state index contributed by atoms with van der Waals surface area (Å²) in [5.74, 6) is 1.16. The Bertz CT molecular complexity index is 189. The second kappa shape index (κ2) is 5.83. The van der Waals surface area contributed by atoms with Gasteiger partial charge in [-0.2, -0.15) is 0 Å². The van der Waals surface area contributed by atoms with Gasteiger partial charge in [0.25, 0.3) is 0 Å². The summed E-state index contributed by atoms with van der Waals surface area (Å²) in [6.45, 7) is 0. The van der Waals surface area contributed by atoms with Gasteiger partial charge in [-0.25, -0.2) is 0 Å². The van der Waals surface area contributed by atoms with E-state index >= 15 is 0 Å². The highest BCUT2D eigenvalue weighted by molar-refractivity contribution is 7.94. The number of aromatic nitrogens is 1. The molecule has 62 valence electrons. The number of halogens is 1. The van der Waals surface area contributed by atoms with Gasteiger partial charge in [-0.05, 0) is 17.0 Å². The second-order valence-electron chi connectivity index (χ2n) is 2.49. The Morgan fingerprint density at radius 1 is 1.45 bits per heavy atom. The minimum absolute atomic E-state index is 0. The minimum atomic E-state index is 0. The monoisotopic (exact) mass is 281 g/mol. The van der Waals surface area contributed by atoms with Crippen LogP contribution in [0.25, 0.3) is 0 Å². The Hall–Kier alpha value is 0.230. The summed E-state index contributed by atoms with van der Waals surface area (Å²) in [4.78, 5) is 4.04. The molecule has 1 nitrogen and oxygen atoms in total. The Morgan fingerprint density at radius 3 is 2.64 bits per heavy atom. The van der Waals surface area contributed by atoms with Crippen molar-refractivity contribution >= 4 is 10.9 Å². The highest BCUT2D eigenvalue weighted by Crippen LogP contribution is 2.01. The largest absolute Gasteiger partial charge is 1.00 e. The molecule has 0 saturated carbocycles. The molecule has 0 aliphatic heterocycles. The van der Waals surface area contributed by atoms with Gasteiger partial charge in [0.15, 0.2) is 0 Å². The lowest BCUT2D eigenvalue weighted by atomic mass is 10.3. The lowest BCUT2D eigenvalue weighted by molar-refractivity contribution is -0.00000229. The third kappa shape index (κ3) is 4.63. The van der Waals surface area contributed by atoms with Crippen molar-refractivity contribution in [2.24, 2.45) is 0 Å². The molecule has 0 unspecified atom stereocenters. The van der Waals surface area contributed by atoms with Crippen LogP contribution in [0, 0.1) is 0 Å². The fraction of sp³-hybridized carbons (Fsp3) is 0.375. The van der Waals surface area contributed by atoms with Crippen molar-refractivity contribution in [3.63, 3.8) is 0 Å². The molecule has 0 saturated heterocycles. The van der Waals surface area contributed by atoms with Crippen molar-refractivity contribution in [2.75, 3.05) is 12.5 Å². The van der Waals surface area contributed by atoms with Crippen LogP contribution < -0.4 is 24.0 Å². The maximum absolute atomic E-state index is 4.04. The summed E-state index contributed by atoms with van der Waals surface area (Å²) in [5, 5.41) is 0. The first-order valence-corrected chi connectivity index (χ1v) is 5.43. The molecule has 1 heterocycles. The Kier molecular flexibility index (Phi) is 5.95. The first kappa shape index (κ1) is 11.2. The fourth-order valence-electron chi connectivity index (χ4n) is 0.817. The smallest absolute Gasteiger partial charge is 0.134 e. The van der Waals surface area contributed by atoms with E-state index in [0.29, 0.717) is 10.9 Å². The maximum Gasteiger partial charge on any atom is 0.134 e. The third-order valence-electron chi connectivity index (χ3n) is 1.18. The van der Waals surface area contributed by atoms with E-state index in [9.17, 15) is 0 Å². The molecule has 1 rings (SSSR count). The zero-order valence-corrected chi connectivity index (χ0v) is 9.72. The number of hydrogen-bond donors (Lipinski definition) is 0. The molecule has 1 aromatic heterocycles. The van der Waals surface area contributed by atoms with Crippen LogP contribution in [0.2, 0.25) is 0 Å².